The molecule has 0 aliphatic heterocycles. The molecule has 1 saturated carbocycles. The van der Waals surface area contributed by atoms with E-state index in [-0.39, 0.29) is 12.0 Å². The number of carbonyl (C=O) groups excluding carboxylic acids is 2. The molecule has 0 saturated heterocycles. The molecular formula is C15H22N4O3. The van der Waals surface area contributed by atoms with Gasteiger partial charge in [-0.1, -0.05) is 0 Å². The average molecular weight is 306 g/mol. The molecule has 7 heteroatoms. The van der Waals surface area contributed by atoms with E-state index in [1.165, 1.54) is 12.8 Å². The lowest BCUT2D eigenvalue weighted by Crippen LogP contribution is -2.46. The van der Waals surface area contributed by atoms with Crippen molar-refractivity contribution in [3.8, 4) is 5.88 Å². The topological polar surface area (TPSA) is 106 Å². The number of rotatable bonds is 6. The lowest BCUT2D eigenvalue weighted by atomic mass is 10.2. The highest BCUT2D eigenvalue weighted by molar-refractivity contribution is 5.86. The number of urea groups is 1. The highest BCUT2D eigenvalue weighted by atomic mass is 16.5. The van der Waals surface area contributed by atoms with Gasteiger partial charge in [-0.05, 0) is 44.2 Å². The molecule has 7 nitrogen and oxygen atoms in total. The number of hydrogen-bond donors (Lipinski definition) is 3. The van der Waals surface area contributed by atoms with Gasteiger partial charge in [-0.2, -0.15) is 0 Å². The summed E-state index contributed by atoms with van der Waals surface area (Å²) in [6.45, 7) is 1.91. The standard InChI is InChI=1S/C15H22N4O3/c1-10(19-15(16)21)14(20)18-9-11-6-7-17-13(8-11)22-12-4-2-3-5-12/h6-8,10,12H,2-5,9H2,1H3,(H,18,20)(H3,16,19,21). The summed E-state index contributed by atoms with van der Waals surface area (Å²) in [6, 6.07) is 2.24. The molecular weight excluding hydrogens is 284 g/mol. The molecule has 1 aliphatic carbocycles. The van der Waals surface area contributed by atoms with Crippen molar-refractivity contribution >= 4 is 11.9 Å². The van der Waals surface area contributed by atoms with Crippen LogP contribution in [-0.2, 0) is 11.3 Å². The van der Waals surface area contributed by atoms with Gasteiger partial charge in [0.2, 0.25) is 11.8 Å². The minimum absolute atomic E-state index is 0.247. The van der Waals surface area contributed by atoms with Crippen LogP contribution in [0.5, 0.6) is 5.88 Å². The van der Waals surface area contributed by atoms with Gasteiger partial charge in [-0.3, -0.25) is 4.79 Å². The zero-order chi connectivity index (χ0) is 15.9. The highest BCUT2D eigenvalue weighted by Crippen LogP contribution is 2.23. The lowest BCUT2D eigenvalue weighted by Gasteiger charge is -2.14. The first-order valence-electron chi connectivity index (χ1n) is 7.50. The van der Waals surface area contributed by atoms with Crippen LogP contribution >= 0.6 is 0 Å². The summed E-state index contributed by atoms with van der Waals surface area (Å²) < 4.78 is 5.83. The summed E-state index contributed by atoms with van der Waals surface area (Å²) in [6.07, 6.45) is 6.45. The molecule has 1 heterocycles. The Labute approximate surface area is 129 Å². The summed E-state index contributed by atoms with van der Waals surface area (Å²) in [5.74, 6) is 0.288. The fourth-order valence-corrected chi connectivity index (χ4v) is 2.42. The van der Waals surface area contributed by atoms with Crippen LogP contribution in [0.25, 0.3) is 0 Å². The molecule has 0 radical (unpaired) electrons. The Morgan fingerprint density at radius 3 is 2.86 bits per heavy atom. The maximum absolute atomic E-state index is 11.8. The van der Waals surface area contributed by atoms with E-state index in [1.54, 1.807) is 13.1 Å². The lowest BCUT2D eigenvalue weighted by molar-refractivity contribution is -0.122. The fraction of sp³-hybridized carbons (Fsp3) is 0.533. The van der Waals surface area contributed by atoms with Crippen molar-refractivity contribution in [2.75, 3.05) is 0 Å². The average Bonchev–Trinajstić information content (AvgIpc) is 2.97. The summed E-state index contributed by atoms with van der Waals surface area (Å²) in [4.78, 5) is 26.7. The Balaban J connectivity index is 1.84. The minimum Gasteiger partial charge on any atom is -0.474 e. The highest BCUT2D eigenvalue weighted by Gasteiger charge is 2.17. The molecule has 1 aromatic heterocycles. The molecule has 3 amide bonds. The Bertz CT molecular complexity index is 529. The van der Waals surface area contributed by atoms with E-state index in [4.69, 9.17) is 10.5 Å². The van der Waals surface area contributed by atoms with Gasteiger partial charge in [0.15, 0.2) is 0 Å². The van der Waals surface area contributed by atoms with Crippen molar-refractivity contribution in [3.63, 3.8) is 0 Å². The number of amides is 3. The second kappa shape index (κ2) is 7.63. The zero-order valence-electron chi connectivity index (χ0n) is 12.7. The molecule has 0 spiro atoms. The van der Waals surface area contributed by atoms with Crippen LogP contribution in [0.2, 0.25) is 0 Å². The SMILES string of the molecule is CC(NC(N)=O)C(=O)NCc1ccnc(OC2CCCC2)c1. The third-order valence-corrected chi connectivity index (χ3v) is 3.61. The second-order valence-corrected chi connectivity index (χ2v) is 5.47. The smallest absolute Gasteiger partial charge is 0.312 e. The van der Waals surface area contributed by atoms with E-state index in [0.29, 0.717) is 12.4 Å². The molecule has 4 N–H and O–H groups in total. The molecule has 2 rings (SSSR count). The molecule has 120 valence electrons. The van der Waals surface area contributed by atoms with Crippen LogP contribution in [-0.4, -0.2) is 29.1 Å². The van der Waals surface area contributed by atoms with Crippen LogP contribution in [0.1, 0.15) is 38.2 Å². The van der Waals surface area contributed by atoms with E-state index in [1.807, 2.05) is 12.1 Å². The van der Waals surface area contributed by atoms with Crippen LogP contribution in [0.3, 0.4) is 0 Å². The predicted molar refractivity (Wildman–Crippen MR) is 81.1 cm³/mol. The van der Waals surface area contributed by atoms with Crippen molar-refractivity contribution in [3.05, 3.63) is 23.9 Å². The van der Waals surface area contributed by atoms with E-state index in [2.05, 4.69) is 15.6 Å². The molecule has 22 heavy (non-hydrogen) atoms. The Morgan fingerprint density at radius 1 is 1.45 bits per heavy atom. The van der Waals surface area contributed by atoms with Gasteiger partial charge in [0, 0.05) is 18.8 Å². The molecule has 0 bridgehead atoms. The van der Waals surface area contributed by atoms with Crippen molar-refractivity contribution in [1.82, 2.24) is 15.6 Å². The number of nitrogens with one attached hydrogen (secondary N) is 2. The summed E-state index contributed by atoms with van der Waals surface area (Å²) in [5.41, 5.74) is 5.87. The molecule has 1 aromatic rings. The number of ether oxygens (including phenoxy) is 1. The number of pyridine rings is 1. The molecule has 1 unspecified atom stereocenters. The van der Waals surface area contributed by atoms with Crippen LogP contribution in [0.15, 0.2) is 18.3 Å². The molecule has 0 aromatic carbocycles. The first-order valence-corrected chi connectivity index (χ1v) is 7.50. The number of aromatic nitrogens is 1. The van der Waals surface area contributed by atoms with Gasteiger partial charge < -0.3 is 21.1 Å². The largest absolute Gasteiger partial charge is 0.474 e. The van der Waals surface area contributed by atoms with Crippen molar-refractivity contribution in [1.29, 1.82) is 0 Å². The maximum atomic E-state index is 11.8. The van der Waals surface area contributed by atoms with E-state index < -0.39 is 12.1 Å². The van der Waals surface area contributed by atoms with Gasteiger partial charge in [-0.15, -0.1) is 0 Å². The van der Waals surface area contributed by atoms with Gasteiger partial charge >= 0.3 is 6.03 Å². The van der Waals surface area contributed by atoms with Crippen LogP contribution in [0.4, 0.5) is 4.79 Å². The van der Waals surface area contributed by atoms with Crippen LogP contribution in [0, 0.1) is 0 Å². The first kappa shape index (κ1) is 16.1. The van der Waals surface area contributed by atoms with Crippen molar-refractivity contribution in [2.45, 2.75) is 51.3 Å². The third-order valence-electron chi connectivity index (χ3n) is 3.61. The third kappa shape index (κ3) is 4.91. The molecule has 1 atom stereocenters. The Kier molecular flexibility index (Phi) is 5.57. The summed E-state index contributed by atoms with van der Waals surface area (Å²) in [7, 11) is 0. The normalized spacial score (nSPS) is 16.0. The van der Waals surface area contributed by atoms with Gasteiger partial charge in [-0.25, -0.2) is 9.78 Å². The van der Waals surface area contributed by atoms with Crippen molar-refractivity contribution < 1.29 is 14.3 Å². The number of primary amides is 1. The molecule has 1 fully saturated rings. The number of nitrogens with zero attached hydrogens (tertiary/aromatic N) is 1. The Morgan fingerprint density at radius 2 is 2.18 bits per heavy atom. The van der Waals surface area contributed by atoms with Gasteiger partial charge in [0.1, 0.15) is 12.1 Å². The van der Waals surface area contributed by atoms with E-state index in [0.717, 1.165) is 18.4 Å². The predicted octanol–water partition coefficient (Wildman–Crippen LogP) is 1.08. The summed E-state index contributed by atoms with van der Waals surface area (Å²) in [5, 5.41) is 5.06. The van der Waals surface area contributed by atoms with E-state index in [9.17, 15) is 9.59 Å². The summed E-state index contributed by atoms with van der Waals surface area (Å²) >= 11 is 0. The monoisotopic (exact) mass is 306 g/mol. The quantitative estimate of drug-likeness (QED) is 0.731. The van der Waals surface area contributed by atoms with Gasteiger partial charge in [0.25, 0.3) is 0 Å². The minimum atomic E-state index is -0.723. The maximum Gasteiger partial charge on any atom is 0.312 e. The second-order valence-electron chi connectivity index (χ2n) is 5.47. The molecule has 1 aliphatic rings. The van der Waals surface area contributed by atoms with Crippen LogP contribution < -0.4 is 21.1 Å². The van der Waals surface area contributed by atoms with E-state index >= 15 is 0 Å². The first-order chi connectivity index (χ1) is 10.5. The van der Waals surface area contributed by atoms with Gasteiger partial charge in [0.05, 0.1) is 0 Å². The number of carbonyl (C=O) groups is 2. The van der Waals surface area contributed by atoms with Crippen molar-refractivity contribution in [2.24, 2.45) is 5.73 Å². The number of nitrogens with two attached hydrogens (primary N) is 1. The number of hydrogen-bond acceptors (Lipinski definition) is 4. The Hall–Kier alpha value is -2.31. The fourth-order valence-electron chi connectivity index (χ4n) is 2.42. The zero-order valence-corrected chi connectivity index (χ0v) is 12.7.